The van der Waals surface area contributed by atoms with Crippen LogP contribution in [0.25, 0.3) is 117 Å². The van der Waals surface area contributed by atoms with Gasteiger partial charge in [0.2, 0.25) is 0 Å². The highest BCUT2D eigenvalue weighted by atomic mass is 16.3. The van der Waals surface area contributed by atoms with E-state index in [4.69, 9.17) is 26.2 Å². The fourth-order valence-corrected chi connectivity index (χ4v) is 8.77. The van der Waals surface area contributed by atoms with Gasteiger partial charge in [-0.3, -0.25) is 0 Å². The Morgan fingerprint density at radius 1 is 0.355 bits per heavy atom. The zero-order valence-corrected chi connectivity index (χ0v) is 33.1. The Morgan fingerprint density at radius 2 is 0.871 bits per heavy atom. The van der Waals surface area contributed by atoms with Gasteiger partial charge in [0, 0.05) is 55.0 Å². The van der Waals surface area contributed by atoms with Crippen LogP contribution < -0.4 is 0 Å². The molecule has 0 radical (unpaired) electrons. The van der Waals surface area contributed by atoms with Gasteiger partial charge in [-0.15, -0.1) is 0 Å². The summed E-state index contributed by atoms with van der Waals surface area (Å²) in [6, 6.07) is 61.4. The van der Waals surface area contributed by atoms with Crippen molar-refractivity contribution in [2.75, 3.05) is 0 Å². The first-order chi connectivity index (χ1) is 32.8. The monoisotopic (exact) mass is 797 g/mol. The molecule has 0 aliphatic rings. The summed E-state index contributed by atoms with van der Waals surface area (Å²) in [6.07, 6.45) is 0. The Hall–Kier alpha value is -8.41. The van der Waals surface area contributed by atoms with E-state index in [0.717, 1.165) is 77.2 Å². The summed E-state index contributed by atoms with van der Waals surface area (Å²) >= 11 is 0. The molecule has 0 saturated carbocycles. The smallest absolute Gasteiger partial charge is 0.166 e. The lowest BCUT2D eigenvalue weighted by Crippen LogP contribution is -2.02. The lowest BCUT2D eigenvalue weighted by atomic mass is 9.93. The molecule has 0 N–H and O–H groups in total. The van der Waals surface area contributed by atoms with Crippen molar-refractivity contribution in [2.24, 2.45) is 0 Å². The van der Waals surface area contributed by atoms with Gasteiger partial charge in [0.1, 0.15) is 11.2 Å². The molecule has 0 atom stereocenters. The van der Waals surface area contributed by atoms with Gasteiger partial charge in [0.15, 0.2) is 17.5 Å². The number of benzene rings is 9. The molecule has 5 heteroatoms. The number of fused-ring (bicyclic) bond motifs is 6. The summed E-state index contributed by atoms with van der Waals surface area (Å²) in [5.41, 5.74) is 11.2. The highest BCUT2D eigenvalue weighted by Gasteiger charge is 2.21. The van der Waals surface area contributed by atoms with Crippen molar-refractivity contribution in [3.05, 3.63) is 218 Å². The maximum absolute atomic E-state index is 8.71. The molecule has 0 fully saturated rings. The van der Waals surface area contributed by atoms with Gasteiger partial charge in [0.25, 0.3) is 0 Å². The quantitative estimate of drug-likeness (QED) is 0.161. The molecule has 3 aromatic heterocycles. The topological polar surface area (TPSA) is 56.7 Å². The summed E-state index contributed by atoms with van der Waals surface area (Å²) in [5, 5.41) is 3.89. The Morgan fingerprint density at radius 3 is 1.61 bits per heavy atom. The molecule has 5 nitrogen and oxygen atoms in total. The number of hydrogen-bond acceptors (Lipinski definition) is 4. The first kappa shape index (κ1) is 30.6. The largest absolute Gasteiger partial charge is 0.455 e. The summed E-state index contributed by atoms with van der Waals surface area (Å²) in [4.78, 5) is 15.5. The van der Waals surface area contributed by atoms with Crippen molar-refractivity contribution in [1.82, 2.24) is 19.5 Å². The van der Waals surface area contributed by atoms with E-state index < -0.39 is 18.1 Å². The minimum atomic E-state index is -0.435. The molecule has 0 bridgehead atoms. The minimum Gasteiger partial charge on any atom is -0.455 e. The summed E-state index contributed by atoms with van der Waals surface area (Å²) in [5.74, 6) is 1.69. The fourth-order valence-electron chi connectivity index (χ4n) is 8.77. The van der Waals surface area contributed by atoms with Gasteiger partial charge in [-0.1, -0.05) is 194 Å². The van der Waals surface area contributed by atoms with Crippen LogP contribution in [0.2, 0.25) is 0 Å². The molecule has 0 aliphatic carbocycles. The summed E-state index contributed by atoms with van der Waals surface area (Å²) in [6.45, 7) is 0. The van der Waals surface area contributed by atoms with E-state index in [0.29, 0.717) is 34.2 Å². The van der Waals surface area contributed by atoms with Gasteiger partial charge in [-0.05, 0) is 46.5 Å². The molecular weight excluding hydrogens is 757 g/mol. The van der Waals surface area contributed by atoms with Crippen LogP contribution in [-0.4, -0.2) is 19.5 Å². The molecule has 12 aromatic rings. The van der Waals surface area contributed by atoms with Gasteiger partial charge >= 0.3 is 0 Å². The number of nitrogens with zero attached hydrogens (tertiary/aromatic N) is 4. The molecule has 0 saturated heterocycles. The van der Waals surface area contributed by atoms with Crippen LogP contribution in [0.4, 0.5) is 0 Å². The molecule has 62 heavy (non-hydrogen) atoms. The van der Waals surface area contributed by atoms with Crippen LogP contribution in [0.5, 0.6) is 0 Å². The minimum absolute atomic E-state index is 0.103. The van der Waals surface area contributed by atoms with Gasteiger partial charge in [-0.2, -0.15) is 0 Å². The van der Waals surface area contributed by atoms with E-state index in [1.54, 1.807) is 6.07 Å². The second-order valence-corrected chi connectivity index (χ2v) is 15.2. The molecule has 3 heterocycles. The second-order valence-electron chi connectivity index (χ2n) is 15.2. The number of rotatable bonds is 7. The molecule has 9 aromatic carbocycles. The summed E-state index contributed by atoms with van der Waals surface area (Å²) in [7, 11) is 0. The van der Waals surface area contributed by atoms with Crippen molar-refractivity contribution >= 4 is 43.7 Å². The van der Waals surface area contributed by atoms with Crippen molar-refractivity contribution in [3.63, 3.8) is 0 Å². The van der Waals surface area contributed by atoms with Crippen molar-refractivity contribution < 1.29 is 11.3 Å². The van der Waals surface area contributed by atoms with E-state index >= 15 is 0 Å². The normalized spacial score (nSPS) is 12.7. The van der Waals surface area contributed by atoms with E-state index in [2.05, 4.69) is 108 Å². The Bertz CT molecular complexity index is 3900. The first-order valence-corrected chi connectivity index (χ1v) is 20.5. The standard InChI is InChI=1S/C57H36N4O/c1-4-17-37(18-5-1)43-26-14-29-48-49-30-16-28-47(54(49)62-53(43)48)44-24-11-10-23-42(44)38-33-35-40(36-34-38)56-58-55(39-19-6-2-7-20-39)59-57(60-56)50-31-15-27-46-45-25-12-13-32-51(45)61(52(46)50)41-21-8-3-9-22-41/h1-36H/i1D,4D,5D,17D,18D. The average Bonchev–Trinajstić information content (AvgIpc) is 3.95. The fraction of sp³-hybridized carbons (Fsp3) is 0. The van der Waals surface area contributed by atoms with Crippen LogP contribution in [-0.2, 0) is 0 Å². The van der Waals surface area contributed by atoms with Crippen molar-refractivity contribution in [3.8, 4) is 73.2 Å². The van der Waals surface area contributed by atoms with Crippen molar-refractivity contribution in [1.29, 1.82) is 0 Å². The average molecular weight is 798 g/mol. The number of para-hydroxylation sites is 5. The predicted octanol–water partition coefficient (Wildman–Crippen LogP) is 14.9. The van der Waals surface area contributed by atoms with Crippen LogP contribution in [0.15, 0.2) is 223 Å². The third kappa shape index (κ3) is 5.90. The molecular formula is C57H36N4O. The zero-order valence-electron chi connectivity index (χ0n) is 38.1. The Balaban J connectivity index is 0.984. The van der Waals surface area contributed by atoms with Crippen LogP contribution >= 0.6 is 0 Å². The Labute approximate surface area is 364 Å². The van der Waals surface area contributed by atoms with E-state index in [1.807, 2.05) is 78.9 Å². The van der Waals surface area contributed by atoms with Gasteiger partial charge < -0.3 is 8.98 Å². The SMILES string of the molecule is [2H]c1c([2H])c([2H])c(-c2cccc3c2oc2c(-c4ccccc4-c4ccc(-c5nc(-c6ccccc6)nc(-c6cccc7c8ccccc8n(-c8ccccc8)c67)n5)cc4)cccc23)c([2H])c1[2H]. The molecule has 0 amide bonds. The number of furan rings is 1. The third-order valence-electron chi connectivity index (χ3n) is 11.6. The van der Waals surface area contributed by atoms with Crippen LogP contribution in [0.1, 0.15) is 6.85 Å². The molecule has 0 aliphatic heterocycles. The lowest BCUT2D eigenvalue weighted by molar-refractivity contribution is 0.671. The molecule has 12 rings (SSSR count). The highest BCUT2D eigenvalue weighted by molar-refractivity contribution is 6.15. The van der Waals surface area contributed by atoms with Gasteiger partial charge in [0.05, 0.1) is 17.9 Å². The third-order valence-corrected chi connectivity index (χ3v) is 11.6. The zero-order chi connectivity index (χ0) is 45.3. The molecule has 0 spiro atoms. The van der Waals surface area contributed by atoms with E-state index in [9.17, 15) is 0 Å². The lowest BCUT2D eigenvalue weighted by Gasteiger charge is -2.13. The first-order valence-electron chi connectivity index (χ1n) is 23.0. The summed E-state index contributed by atoms with van der Waals surface area (Å²) < 4.78 is 51.3. The predicted molar refractivity (Wildman–Crippen MR) is 254 cm³/mol. The Kier molecular flexibility index (Phi) is 7.25. The van der Waals surface area contributed by atoms with E-state index in [1.165, 1.54) is 0 Å². The van der Waals surface area contributed by atoms with Gasteiger partial charge in [-0.25, -0.2) is 15.0 Å². The highest BCUT2D eigenvalue weighted by Crippen LogP contribution is 2.43. The molecule has 290 valence electrons. The van der Waals surface area contributed by atoms with Crippen molar-refractivity contribution in [2.45, 2.75) is 0 Å². The van der Waals surface area contributed by atoms with Crippen LogP contribution in [0.3, 0.4) is 0 Å². The van der Waals surface area contributed by atoms with E-state index in [-0.39, 0.29) is 17.6 Å². The maximum atomic E-state index is 8.71. The van der Waals surface area contributed by atoms with Crippen LogP contribution in [0, 0.1) is 0 Å². The second kappa shape index (κ2) is 14.7. The maximum Gasteiger partial charge on any atom is 0.166 e. The number of aromatic nitrogens is 4. The molecule has 0 unspecified atom stereocenters. The number of hydrogen-bond donors (Lipinski definition) is 0.